The summed E-state index contributed by atoms with van der Waals surface area (Å²) in [7, 11) is 0. The Kier molecular flexibility index (Phi) is 3.84. The average molecular weight is 260 g/mol. The number of nitrogens with one attached hydrogen (secondary N) is 2. The van der Waals surface area contributed by atoms with Crippen LogP contribution in [-0.2, 0) is 6.54 Å². The number of hydrazine groups is 1. The van der Waals surface area contributed by atoms with Crippen molar-refractivity contribution in [2.75, 3.05) is 10.7 Å². The molecule has 0 aliphatic rings. The maximum atomic E-state index is 11.1. The van der Waals surface area contributed by atoms with Gasteiger partial charge in [0.15, 0.2) is 0 Å². The van der Waals surface area contributed by atoms with Crippen molar-refractivity contribution in [3.8, 4) is 0 Å². The molecule has 0 radical (unpaired) electrons. The molecule has 0 fully saturated rings. The number of anilines is 2. The number of nitrogens with zero attached hydrogens (tertiary/aromatic N) is 3. The molecule has 8 heteroatoms. The first-order valence-electron chi connectivity index (χ1n) is 5.45. The fourth-order valence-corrected chi connectivity index (χ4v) is 1.61. The van der Waals surface area contributed by atoms with E-state index in [0.29, 0.717) is 12.2 Å². The quantitative estimate of drug-likeness (QED) is 0.421. The third kappa shape index (κ3) is 2.93. The molecule has 0 saturated heterocycles. The minimum absolute atomic E-state index is 0.0981. The van der Waals surface area contributed by atoms with Crippen molar-refractivity contribution >= 4 is 17.1 Å². The van der Waals surface area contributed by atoms with Gasteiger partial charge >= 0.3 is 5.69 Å². The average Bonchev–Trinajstić information content (AvgIpc) is 2.45. The zero-order chi connectivity index (χ0) is 13.7. The number of aromatic nitrogens is 2. The zero-order valence-electron chi connectivity index (χ0n) is 9.91. The van der Waals surface area contributed by atoms with Crippen LogP contribution in [0.1, 0.15) is 5.69 Å². The normalized spacial score (nSPS) is 9.95. The highest BCUT2D eigenvalue weighted by atomic mass is 16.6. The van der Waals surface area contributed by atoms with Crippen molar-refractivity contribution in [1.82, 2.24) is 9.97 Å². The van der Waals surface area contributed by atoms with Gasteiger partial charge in [-0.15, -0.1) is 0 Å². The standard InChI is InChI=1S/C11H12N6O2/c12-16-10-3-1-2-9(11(10)17(18)19)14-6-8-4-5-13-7-15-8/h1-5,7,14,16H,6,12H2. The molecule has 2 rings (SSSR count). The molecule has 0 amide bonds. The summed E-state index contributed by atoms with van der Waals surface area (Å²) in [6.45, 7) is 0.359. The molecule has 0 saturated carbocycles. The lowest BCUT2D eigenvalue weighted by Gasteiger charge is -2.09. The van der Waals surface area contributed by atoms with Gasteiger partial charge in [-0.25, -0.2) is 9.97 Å². The molecule has 8 nitrogen and oxygen atoms in total. The Morgan fingerprint density at radius 3 is 2.74 bits per heavy atom. The summed E-state index contributed by atoms with van der Waals surface area (Å²) >= 11 is 0. The number of nitro benzene ring substituents is 1. The van der Waals surface area contributed by atoms with Crippen LogP contribution in [0.2, 0.25) is 0 Å². The number of para-hydroxylation sites is 1. The Morgan fingerprint density at radius 1 is 1.32 bits per heavy atom. The highest BCUT2D eigenvalue weighted by Gasteiger charge is 2.18. The van der Waals surface area contributed by atoms with Crippen molar-refractivity contribution in [3.63, 3.8) is 0 Å². The molecular formula is C11H12N6O2. The summed E-state index contributed by atoms with van der Waals surface area (Å²) in [6, 6.07) is 6.54. The van der Waals surface area contributed by atoms with Gasteiger partial charge in [-0.1, -0.05) is 6.07 Å². The molecule has 0 aliphatic heterocycles. The van der Waals surface area contributed by atoms with Crippen LogP contribution in [-0.4, -0.2) is 14.9 Å². The molecule has 19 heavy (non-hydrogen) atoms. The third-order valence-electron chi connectivity index (χ3n) is 2.48. The van der Waals surface area contributed by atoms with Crippen LogP contribution in [0, 0.1) is 10.1 Å². The van der Waals surface area contributed by atoms with Gasteiger partial charge in [0.25, 0.3) is 0 Å². The largest absolute Gasteiger partial charge is 0.374 e. The number of rotatable bonds is 5. The van der Waals surface area contributed by atoms with Crippen molar-refractivity contribution < 1.29 is 4.92 Å². The highest BCUT2D eigenvalue weighted by Crippen LogP contribution is 2.32. The van der Waals surface area contributed by atoms with Crippen molar-refractivity contribution in [1.29, 1.82) is 0 Å². The van der Waals surface area contributed by atoms with E-state index in [1.165, 1.54) is 12.4 Å². The van der Waals surface area contributed by atoms with Gasteiger partial charge in [-0.3, -0.25) is 16.0 Å². The van der Waals surface area contributed by atoms with E-state index >= 15 is 0 Å². The van der Waals surface area contributed by atoms with E-state index in [1.54, 1.807) is 24.4 Å². The molecule has 2 aromatic rings. The molecule has 0 unspecified atom stereocenters. The SMILES string of the molecule is NNc1cccc(NCc2ccncn2)c1[N+](=O)[O-]. The number of hydrogen-bond donors (Lipinski definition) is 3. The molecule has 1 heterocycles. The Labute approximate surface area is 108 Å². The van der Waals surface area contributed by atoms with E-state index < -0.39 is 4.92 Å². The maximum Gasteiger partial charge on any atom is 0.316 e. The smallest absolute Gasteiger partial charge is 0.316 e. The monoisotopic (exact) mass is 260 g/mol. The van der Waals surface area contributed by atoms with Crippen molar-refractivity contribution in [2.24, 2.45) is 5.84 Å². The summed E-state index contributed by atoms with van der Waals surface area (Å²) in [5.41, 5.74) is 3.56. The summed E-state index contributed by atoms with van der Waals surface area (Å²) in [4.78, 5) is 18.4. The van der Waals surface area contributed by atoms with Gasteiger partial charge in [0, 0.05) is 6.20 Å². The molecule has 0 aliphatic carbocycles. The van der Waals surface area contributed by atoms with E-state index in [2.05, 4.69) is 20.7 Å². The topological polar surface area (TPSA) is 119 Å². The van der Waals surface area contributed by atoms with Crippen LogP contribution < -0.4 is 16.6 Å². The Bertz CT molecular complexity index is 575. The second kappa shape index (κ2) is 5.74. The number of nitro groups is 1. The third-order valence-corrected chi connectivity index (χ3v) is 2.48. The van der Waals surface area contributed by atoms with E-state index in [0.717, 1.165) is 5.69 Å². The number of benzene rings is 1. The molecule has 1 aromatic heterocycles. The molecule has 0 bridgehead atoms. The fraction of sp³-hybridized carbons (Fsp3) is 0.0909. The Hall–Kier alpha value is -2.74. The highest BCUT2D eigenvalue weighted by molar-refractivity contribution is 5.75. The van der Waals surface area contributed by atoms with Crippen LogP contribution in [0.3, 0.4) is 0 Å². The molecular weight excluding hydrogens is 248 g/mol. The van der Waals surface area contributed by atoms with Crippen LogP contribution in [0.5, 0.6) is 0 Å². The molecule has 1 aromatic carbocycles. The van der Waals surface area contributed by atoms with Crippen LogP contribution >= 0.6 is 0 Å². The van der Waals surface area contributed by atoms with Gasteiger partial charge in [0.05, 0.1) is 17.2 Å². The van der Waals surface area contributed by atoms with Crippen molar-refractivity contribution in [2.45, 2.75) is 6.54 Å². The minimum atomic E-state index is -0.489. The van der Waals surface area contributed by atoms with Gasteiger partial charge in [0.1, 0.15) is 17.7 Å². The van der Waals surface area contributed by atoms with Gasteiger partial charge in [0.2, 0.25) is 0 Å². The van der Waals surface area contributed by atoms with Gasteiger partial charge < -0.3 is 10.7 Å². The fourth-order valence-electron chi connectivity index (χ4n) is 1.61. The first-order chi connectivity index (χ1) is 9.22. The van der Waals surface area contributed by atoms with Gasteiger partial charge in [-0.05, 0) is 18.2 Å². The maximum absolute atomic E-state index is 11.1. The van der Waals surface area contributed by atoms with Crippen LogP contribution in [0.15, 0.2) is 36.8 Å². The minimum Gasteiger partial charge on any atom is -0.374 e. The molecule has 4 N–H and O–H groups in total. The summed E-state index contributed by atoms with van der Waals surface area (Å²) in [6.07, 6.45) is 3.03. The second-order valence-corrected chi connectivity index (χ2v) is 3.66. The Balaban J connectivity index is 2.23. The number of nitrogens with two attached hydrogens (primary N) is 1. The lowest BCUT2D eigenvalue weighted by molar-refractivity contribution is -0.383. The summed E-state index contributed by atoms with van der Waals surface area (Å²) in [5, 5.41) is 14.0. The first-order valence-corrected chi connectivity index (χ1v) is 5.45. The van der Waals surface area contributed by atoms with Crippen molar-refractivity contribution in [3.05, 3.63) is 52.6 Å². The summed E-state index contributed by atoms with van der Waals surface area (Å²) in [5.74, 6) is 5.26. The summed E-state index contributed by atoms with van der Waals surface area (Å²) < 4.78 is 0. The zero-order valence-corrected chi connectivity index (χ0v) is 9.91. The van der Waals surface area contributed by atoms with Crippen LogP contribution in [0.25, 0.3) is 0 Å². The van der Waals surface area contributed by atoms with E-state index in [4.69, 9.17) is 5.84 Å². The lowest BCUT2D eigenvalue weighted by atomic mass is 10.2. The van der Waals surface area contributed by atoms with E-state index in [9.17, 15) is 10.1 Å². The lowest BCUT2D eigenvalue weighted by Crippen LogP contribution is -2.11. The van der Waals surface area contributed by atoms with Crippen LogP contribution in [0.4, 0.5) is 17.1 Å². The van der Waals surface area contributed by atoms with Gasteiger partial charge in [-0.2, -0.15) is 0 Å². The predicted octanol–water partition coefficient (Wildman–Crippen LogP) is 1.28. The van der Waals surface area contributed by atoms with E-state index in [-0.39, 0.29) is 11.4 Å². The Morgan fingerprint density at radius 2 is 2.11 bits per heavy atom. The number of hydrogen-bond acceptors (Lipinski definition) is 7. The molecule has 0 atom stereocenters. The molecule has 98 valence electrons. The molecule has 0 spiro atoms. The van der Waals surface area contributed by atoms with E-state index in [1.807, 2.05) is 0 Å². The predicted molar refractivity (Wildman–Crippen MR) is 70.3 cm³/mol. The second-order valence-electron chi connectivity index (χ2n) is 3.66. The first kappa shape index (κ1) is 12.7. The number of nitrogen functional groups attached to an aromatic ring is 1.